The summed E-state index contributed by atoms with van der Waals surface area (Å²) in [5, 5.41) is 5.80. The van der Waals surface area contributed by atoms with Crippen LogP contribution in [0.1, 0.15) is 18.9 Å². The third kappa shape index (κ3) is 6.81. The van der Waals surface area contributed by atoms with Crippen molar-refractivity contribution in [2.75, 3.05) is 13.1 Å². The van der Waals surface area contributed by atoms with Gasteiger partial charge >= 0.3 is 6.61 Å². The quantitative estimate of drug-likeness (QED) is 0.708. The number of hydrogen-bond donors (Lipinski definition) is 2. The van der Waals surface area contributed by atoms with Gasteiger partial charge < -0.3 is 15.4 Å². The zero-order valence-corrected chi connectivity index (χ0v) is 12.7. The third-order valence-electron chi connectivity index (χ3n) is 2.46. The lowest BCUT2D eigenvalue weighted by molar-refractivity contribution is -0.118. The largest absolute Gasteiger partial charge is 0.434 e. The van der Waals surface area contributed by atoms with E-state index in [1.54, 1.807) is 12.1 Å². The first kappa shape index (κ1) is 16.8. The highest BCUT2D eigenvalue weighted by Crippen LogP contribution is 2.24. The van der Waals surface area contributed by atoms with Crippen LogP contribution in [0.25, 0.3) is 0 Å². The van der Waals surface area contributed by atoms with Crippen molar-refractivity contribution in [3.05, 3.63) is 28.2 Å². The van der Waals surface area contributed by atoms with Gasteiger partial charge in [0.2, 0.25) is 5.91 Å². The van der Waals surface area contributed by atoms with E-state index in [0.717, 1.165) is 10.9 Å². The second kappa shape index (κ2) is 8.86. The van der Waals surface area contributed by atoms with Crippen LogP contribution in [0.5, 0.6) is 5.75 Å². The SMILES string of the molecule is CC(=O)NCCCNCc1cc(Br)ccc1OC(F)F. The molecule has 0 radical (unpaired) electrons. The molecule has 1 aromatic rings. The summed E-state index contributed by atoms with van der Waals surface area (Å²) in [7, 11) is 0. The molecule has 0 aromatic heterocycles. The molecule has 0 saturated carbocycles. The summed E-state index contributed by atoms with van der Waals surface area (Å²) in [5.74, 6) is 0.0992. The number of rotatable bonds is 8. The number of carbonyl (C=O) groups is 1. The number of alkyl halides is 2. The van der Waals surface area contributed by atoms with Crippen molar-refractivity contribution < 1.29 is 18.3 Å². The molecule has 20 heavy (non-hydrogen) atoms. The summed E-state index contributed by atoms with van der Waals surface area (Å²) < 4.78 is 29.8. The fraction of sp³-hybridized carbons (Fsp3) is 0.462. The second-order valence-corrected chi connectivity index (χ2v) is 5.06. The Morgan fingerprint density at radius 2 is 2.15 bits per heavy atom. The van der Waals surface area contributed by atoms with Crippen LogP contribution in [-0.4, -0.2) is 25.6 Å². The Morgan fingerprint density at radius 3 is 2.80 bits per heavy atom. The maximum absolute atomic E-state index is 12.3. The minimum atomic E-state index is -2.84. The molecule has 7 heteroatoms. The van der Waals surface area contributed by atoms with E-state index in [1.807, 2.05) is 0 Å². The lowest BCUT2D eigenvalue weighted by Gasteiger charge is -2.12. The summed E-state index contributed by atoms with van der Waals surface area (Å²) in [6.45, 7) is 0.293. The highest BCUT2D eigenvalue weighted by molar-refractivity contribution is 9.10. The van der Waals surface area contributed by atoms with E-state index in [0.29, 0.717) is 25.2 Å². The lowest BCUT2D eigenvalue weighted by Crippen LogP contribution is -2.25. The van der Waals surface area contributed by atoms with Gasteiger partial charge in [-0.1, -0.05) is 15.9 Å². The van der Waals surface area contributed by atoms with Crippen molar-refractivity contribution in [3.63, 3.8) is 0 Å². The van der Waals surface area contributed by atoms with Crippen molar-refractivity contribution in [2.24, 2.45) is 0 Å². The standard InChI is InChI=1S/C13H17BrF2N2O2/c1-9(19)18-6-2-5-17-8-10-7-11(14)3-4-12(10)20-13(15)16/h3-4,7,13,17H,2,5-6,8H2,1H3,(H,18,19). The Kier molecular flexibility index (Phi) is 7.46. The van der Waals surface area contributed by atoms with Crippen molar-refractivity contribution in [1.82, 2.24) is 10.6 Å². The number of benzene rings is 1. The zero-order chi connectivity index (χ0) is 15.0. The van der Waals surface area contributed by atoms with E-state index < -0.39 is 6.61 Å². The van der Waals surface area contributed by atoms with Gasteiger partial charge in [0.1, 0.15) is 5.75 Å². The minimum Gasteiger partial charge on any atom is -0.434 e. The van der Waals surface area contributed by atoms with E-state index in [4.69, 9.17) is 0 Å². The molecule has 0 saturated heterocycles. The van der Waals surface area contributed by atoms with Gasteiger partial charge in [-0.2, -0.15) is 8.78 Å². The van der Waals surface area contributed by atoms with Gasteiger partial charge in [0, 0.05) is 30.0 Å². The van der Waals surface area contributed by atoms with E-state index >= 15 is 0 Å². The predicted molar refractivity (Wildman–Crippen MR) is 75.8 cm³/mol. The second-order valence-electron chi connectivity index (χ2n) is 4.14. The smallest absolute Gasteiger partial charge is 0.387 e. The Hall–Kier alpha value is -1.21. The maximum atomic E-state index is 12.3. The number of amides is 1. The Labute approximate surface area is 125 Å². The van der Waals surface area contributed by atoms with Crippen LogP contribution in [0.15, 0.2) is 22.7 Å². The molecule has 0 bridgehead atoms. The number of nitrogens with one attached hydrogen (secondary N) is 2. The molecule has 1 aromatic carbocycles. The molecule has 0 spiro atoms. The molecule has 1 amide bonds. The van der Waals surface area contributed by atoms with Crippen LogP contribution in [-0.2, 0) is 11.3 Å². The molecule has 0 aliphatic rings. The topological polar surface area (TPSA) is 50.4 Å². The molecule has 0 aliphatic heterocycles. The molecule has 0 heterocycles. The molecule has 0 aliphatic carbocycles. The van der Waals surface area contributed by atoms with E-state index in [9.17, 15) is 13.6 Å². The van der Waals surface area contributed by atoms with E-state index in [2.05, 4.69) is 31.3 Å². The van der Waals surface area contributed by atoms with Gasteiger partial charge in [-0.05, 0) is 31.2 Å². The number of halogens is 3. The Balaban J connectivity index is 2.41. The normalized spacial score (nSPS) is 10.7. The van der Waals surface area contributed by atoms with Gasteiger partial charge in [0.25, 0.3) is 0 Å². The first-order valence-corrected chi connectivity index (χ1v) is 6.96. The fourth-order valence-electron chi connectivity index (χ4n) is 1.60. The summed E-state index contributed by atoms with van der Waals surface area (Å²) in [6.07, 6.45) is 0.763. The number of carbonyl (C=O) groups excluding carboxylic acids is 1. The summed E-state index contributed by atoms with van der Waals surface area (Å²) in [4.78, 5) is 10.7. The first-order chi connectivity index (χ1) is 9.49. The molecular weight excluding hydrogens is 334 g/mol. The van der Waals surface area contributed by atoms with Crippen LogP contribution in [0.3, 0.4) is 0 Å². The molecule has 1 rings (SSSR count). The molecule has 0 atom stereocenters. The summed E-state index contributed by atoms with van der Waals surface area (Å²) >= 11 is 3.29. The zero-order valence-electron chi connectivity index (χ0n) is 11.1. The lowest BCUT2D eigenvalue weighted by atomic mass is 10.2. The van der Waals surface area contributed by atoms with E-state index in [-0.39, 0.29) is 11.7 Å². The van der Waals surface area contributed by atoms with Crippen molar-refractivity contribution >= 4 is 21.8 Å². The van der Waals surface area contributed by atoms with Gasteiger partial charge in [0.05, 0.1) is 0 Å². The number of ether oxygens (including phenoxy) is 1. The predicted octanol–water partition coefficient (Wildman–Crippen LogP) is 2.67. The molecule has 0 fully saturated rings. The van der Waals surface area contributed by atoms with Gasteiger partial charge in [-0.3, -0.25) is 4.79 Å². The Bertz CT molecular complexity index is 444. The summed E-state index contributed by atoms with van der Waals surface area (Å²) in [6, 6.07) is 4.89. The van der Waals surface area contributed by atoms with Crippen LogP contribution < -0.4 is 15.4 Å². The van der Waals surface area contributed by atoms with E-state index in [1.165, 1.54) is 13.0 Å². The minimum absolute atomic E-state index is 0.0652. The molecule has 2 N–H and O–H groups in total. The third-order valence-corrected chi connectivity index (χ3v) is 2.95. The molecule has 112 valence electrons. The summed E-state index contributed by atoms with van der Waals surface area (Å²) in [5.41, 5.74) is 0.652. The van der Waals surface area contributed by atoms with Crippen LogP contribution in [0, 0.1) is 0 Å². The fourth-order valence-corrected chi connectivity index (χ4v) is 2.01. The highest BCUT2D eigenvalue weighted by Gasteiger charge is 2.09. The molecular formula is C13H17BrF2N2O2. The van der Waals surface area contributed by atoms with Crippen molar-refractivity contribution in [2.45, 2.75) is 26.5 Å². The Morgan fingerprint density at radius 1 is 1.40 bits per heavy atom. The highest BCUT2D eigenvalue weighted by atomic mass is 79.9. The first-order valence-electron chi connectivity index (χ1n) is 6.17. The monoisotopic (exact) mass is 350 g/mol. The van der Waals surface area contributed by atoms with Crippen LogP contribution >= 0.6 is 15.9 Å². The molecule has 4 nitrogen and oxygen atoms in total. The average Bonchev–Trinajstić information content (AvgIpc) is 2.35. The van der Waals surface area contributed by atoms with Crippen LogP contribution in [0.4, 0.5) is 8.78 Å². The van der Waals surface area contributed by atoms with Gasteiger partial charge in [0.15, 0.2) is 0 Å². The van der Waals surface area contributed by atoms with Crippen molar-refractivity contribution in [3.8, 4) is 5.75 Å². The van der Waals surface area contributed by atoms with Gasteiger partial charge in [-0.15, -0.1) is 0 Å². The van der Waals surface area contributed by atoms with Crippen molar-refractivity contribution in [1.29, 1.82) is 0 Å². The molecule has 0 unspecified atom stereocenters. The number of hydrogen-bond acceptors (Lipinski definition) is 3. The maximum Gasteiger partial charge on any atom is 0.387 e. The van der Waals surface area contributed by atoms with Crippen LogP contribution in [0.2, 0.25) is 0 Å². The average molecular weight is 351 g/mol. The van der Waals surface area contributed by atoms with Gasteiger partial charge in [-0.25, -0.2) is 0 Å².